The summed E-state index contributed by atoms with van der Waals surface area (Å²) in [6.45, 7) is 7.57. The van der Waals surface area contributed by atoms with Crippen LogP contribution in [0.15, 0.2) is 35.9 Å². The molecule has 1 aromatic carbocycles. The van der Waals surface area contributed by atoms with E-state index in [9.17, 15) is 9.59 Å². The summed E-state index contributed by atoms with van der Waals surface area (Å²) < 4.78 is 5.29. The Morgan fingerprint density at radius 2 is 1.89 bits per heavy atom. The van der Waals surface area contributed by atoms with E-state index < -0.39 is 5.41 Å². The van der Waals surface area contributed by atoms with E-state index in [1.165, 1.54) is 23.6 Å². The summed E-state index contributed by atoms with van der Waals surface area (Å²) in [6.07, 6.45) is 10.1. The van der Waals surface area contributed by atoms with Crippen LogP contribution in [0, 0.1) is 28.1 Å². The first kappa shape index (κ1) is 24.0. The number of aromatic nitrogens is 1. The van der Waals surface area contributed by atoms with Gasteiger partial charge in [0.25, 0.3) is 0 Å². The molecule has 0 radical (unpaired) electrons. The average Bonchev–Trinajstić information content (AvgIpc) is 3.26. The van der Waals surface area contributed by atoms with Crippen LogP contribution in [0.3, 0.4) is 0 Å². The Hall–Kier alpha value is -2.40. The zero-order valence-electron chi connectivity index (χ0n) is 22.2. The van der Waals surface area contributed by atoms with E-state index in [1.807, 2.05) is 0 Å². The van der Waals surface area contributed by atoms with Gasteiger partial charge in [-0.15, -0.1) is 0 Å². The lowest BCUT2D eigenvalue weighted by Gasteiger charge is -2.59. The molecule has 36 heavy (non-hydrogen) atoms. The molecule has 1 unspecified atom stereocenters. The second-order valence-electron chi connectivity index (χ2n) is 12.7. The van der Waals surface area contributed by atoms with Crippen LogP contribution in [0.5, 0.6) is 0 Å². The Bertz CT molecular complexity index is 1260. The average molecular weight is 489 g/mol. The van der Waals surface area contributed by atoms with E-state index >= 15 is 0 Å². The number of benzene rings is 1. The molecule has 3 aliphatic carbocycles. The first-order valence-corrected chi connectivity index (χ1v) is 13.9. The van der Waals surface area contributed by atoms with Crippen LogP contribution in [0.4, 0.5) is 0 Å². The van der Waals surface area contributed by atoms with Crippen molar-refractivity contribution in [2.75, 3.05) is 13.7 Å². The van der Waals surface area contributed by atoms with Crippen molar-refractivity contribution in [1.29, 1.82) is 0 Å². The standard InChI is InChI=1S/C31H40N2O3/c1-29(27(34)26-25-21(13-17-32-26)20-8-5-6-9-23(20)33-25)16-12-22-19(18-29)10-11-24-30(22,2)14-7-15-31(24,3)28(35)36-4/h5-6,8-10,22,24,26,32-33H,7,11-18H2,1-4H3/t22-,24+,26?,29-,30+,31+/m0/s1. The van der Waals surface area contributed by atoms with Gasteiger partial charge < -0.3 is 15.0 Å². The Balaban J connectivity index is 1.29. The number of H-pyrrole nitrogens is 1. The summed E-state index contributed by atoms with van der Waals surface area (Å²) in [5, 5.41) is 4.81. The van der Waals surface area contributed by atoms with Crippen molar-refractivity contribution in [3.05, 3.63) is 47.2 Å². The summed E-state index contributed by atoms with van der Waals surface area (Å²) in [5.74, 6) is 1.02. The van der Waals surface area contributed by atoms with E-state index in [0.29, 0.717) is 17.6 Å². The molecular formula is C31H40N2O3. The second-order valence-corrected chi connectivity index (χ2v) is 12.7. The van der Waals surface area contributed by atoms with Crippen molar-refractivity contribution in [2.24, 2.45) is 28.1 Å². The van der Waals surface area contributed by atoms with E-state index in [0.717, 1.165) is 69.1 Å². The molecule has 4 aliphatic rings. The lowest BCUT2D eigenvalue weighted by molar-refractivity contribution is -0.167. The third-order valence-corrected chi connectivity index (χ3v) is 10.8. The number of esters is 1. The molecular weight excluding hydrogens is 448 g/mol. The predicted octanol–water partition coefficient (Wildman–Crippen LogP) is 6.05. The summed E-state index contributed by atoms with van der Waals surface area (Å²) in [6, 6.07) is 8.14. The number of allylic oxidation sites excluding steroid dienone is 2. The van der Waals surface area contributed by atoms with Crippen molar-refractivity contribution in [1.82, 2.24) is 10.3 Å². The summed E-state index contributed by atoms with van der Waals surface area (Å²) in [7, 11) is 1.53. The van der Waals surface area contributed by atoms with Gasteiger partial charge in [0.1, 0.15) is 6.04 Å². The fourth-order valence-corrected chi connectivity index (χ4v) is 8.85. The predicted molar refractivity (Wildman–Crippen MR) is 141 cm³/mol. The van der Waals surface area contributed by atoms with Gasteiger partial charge in [-0.1, -0.05) is 50.1 Å². The highest BCUT2D eigenvalue weighted by Gasteiger charge is 2.59. The monoisotopic (exact) mass is 488 g/mol. The lowest BCUT2D eigenvalue weighted by Crippen LogP contribution is -2.55. The van der Waals surface area contributed by atoms with Crippen LogP contribution >= 0.6 is 0 Å². The van der Waals surface area contributed by atoms with Gasteiger partial charge in [0, 0.05) is 28.6 Å². The molecule has 0 amide bonds. The van der Waals surface area contributed by atoms with Gasteiger partial charge in [-0.25, -0.2) is 0 Å². The van der Waals surface area contributed by atoms with Crippen LogP contribution in [0.25, 0.3) is 10.9 Å². The molecule has 192 valence electrons. The number of fused-ring (bicyclic) bond motifs is 6. The molecule has 6 rings (SSSR count). The third kappa shape index (κ3) is 3.31. The van der Waals surface area contributed by atoms with Crippen LogP contribution in [0.1, 0.15) is 83.0 Å². The summed E-state index contributed by atoms with van der Waals surface area (Å²) in [5.41, 5.74) is 4.24. The number of ether oxygens (including phenoxy) is 1. The number of para-hydroxylation sites is 1. The zero-order chi connectivity index (χ0) is 25.3. The normalized spacial score (nSPS) is 37.9. The molecule has 0 saturated heterocycles. The molecule has 6 atom stereocenters. The van der Waals surface area contributed by atoms with Crippen LogP contribution in [-0.4, -0.2) is 30.4 Å². The van der Waals surface area contributed by atoms with Crippen LogP contribution in [0.2, 0.25) is 0 Å². The van der Waals surface area contributed by atoms with E-state index in [4.69, 9.17) is 4.74 Å². The Labute approximate surface area is 214 Å². The fraction of sp³-hybridized carbons (Fsp3) is 0.613. The highest BCUT2D eigenvalue weighted by molar-refractivity contribution is 5.94. The SMILES string of the molecule is COC(=O)[C@]1(C)CCC[C@@]2(C)[C@H]1CC=C1C[C@@](C)(C(=O)C3NCCc4c3[nH]c3ccccc43)CC[C@@H]12. The van der Waals surface area contributed by atoms with Crippen molar-refractivity contribution < 1.29 is 14.3 Å². The minimum atomic E-state index is -0.418. The topological polar surface area (TPSA) is 71.2 Å². The molecule has 2 fully saturated rings. The second kappa shape index (κ2) is 8.31. The number of rotatable bonds is 3. The van der Waals surface area contributed by atoms with E-state index in [-0.39, 0.29) is 22.8 Å². The molecule has 2 heterocycles. The smallest absolute Gasteiger partial charge is 0.311 e. The molecule has 5 heteroatoms. The molecule has 5 nitrogen and oxygen atoms in total. The van der Waals surface area contributed by atoms with Gasteiger partial charge in [0.2, 0.25) is 0 Å². The highest BCUT2D eigenvalue weighted by atomic mass is 16.5. The number of methoxy groups -OCH3 is 1. The van der Waals surface area contributed by atoms with Gasteiger partial charge in [-0.3, -0.25) is 9.59 Å². The van der Waals surface area contributed by atoms with Crippen LogP contribution < -0.4 is 5.32 Å². The molecule has 1 aromatic heterocycles. The number of hydrogen-bond donors (Lipinski definition) is 2. The van der Waals surface area contributed by atoms with Crippen molar-refractivity contribution >= 4 is 22.7 Å². The maximum Gasteiger partial charge on any atom is 0.311 e. The maximum atomic E-state index is 14.2. The van der Waals surface area contributed by atoms with Crippen molar-refractivity contribution in [3.63, 3.8) is 0 Å². The Kier molecular flexibility index (Phi) is 5.53. The fourth-order valence-electron chi connectivity index (χ4n) is 8.85. The van der Waals surface area contributed by atoms with Gasteiger partial charge in [0.05, 0.1) is 12.5 Å². The number of ketones is 1. The van der Waals surface area contributed by atoms with Crippen LogP contribution in [-0.2, 0) is 20.7 Å². The molecule has 1 aliphatic heterocycles. The quantitative estimate of drug-likeness (QED) is 0.408. The minimum absolute atomic E-state index is 0.0522. The Morgan fingerprint density at radius 1 is 1.08 bits per heavy atom. The maximum absolute atomic E-state index is 14.2. The molecule has 0 spiro atoms. The molecule has 2 aromatic rings. The van der Waals surface area contributed by atoms with Crippen molar-refractivity contribution in [2.45, 2.75) is 78.2 Å². The largest absolute Gasteiger partial charge is 0.469 e. The molecule has 2 N–H and O–H groups in total. The Morgan fingerprint density at radius 3 is 2.69 bits per heavy atom. The summed E-state index contributed by atoms with van der Waals surface area (Å²) >= 11 is 0. The number of hydrogen-bond acceptors (Lipinski definition) is 4. The summed E-state index contributed by atoms with van der Waals surface area (Å²) in [4.78, 5) is 30.7. The molecule has 0 bridgehead atoms. The number of carbonyl (C=O) groups excluding carboxylic acids is 2. The van der Waals surface area contributed by atoms with Gasteiger partial charge in [-0.05, 0) is 80.8 Å². The number of Topliss-reactive ketones (excluding diaryl/α,β-unsaturated/α-hetero) is 1. The number of nitrogens with one attached hydrogen (secondary N) is 2. The molecule has 2 saturated carbocycles. The van der Waals surface area contributed by atoms with E-state index in [2.05, 4.69) is 61.4 Å². The highest BCUT2D eigenvalue weighted by Crippen LogP contribution is 2.64. The first-order chi connectivity index (χ1) is 17.2. The zero-order valence-corrected chi connectivity index (χ0v) is 22.2. The third-order valence-electron chi connectivity index (χ3n) is 10.8. The van der Waals surface area contributed by atoms with Gasteiger partial charge in [-0.2, -0.15) is 0 Å². The van der Waals surface area contributed by atoms with Crippen molar-refractivity contribution in [3.8, 4) is 0 Å². The number of carbonyl (C=O) groups is 2. The number of aromatic amines is 1. The van der Waals surface area contributed by atoms with Gasteiger partial charge in [0.15, 0.2) is 5.78 Å². The van der Waals surface area contributed by atoms with Gasteiger partial charge >= 0.3 is 5.97 Å². The minimum Gasteiger partial charge on any atom is -0.469 e. The lowest BCUT2D eigenvalue weighted by atomic mass is 9.45. The van der Waals surface area contributed by atoms with E-state index in [1.54, 1.807) is 0 Å². The first-order valence-electron chi connectivity index (χ1n) is 13.9.